The number of benzene rings is 1. The van der Waals surface area contributed by atoms with E-state index in [1.165, 1.54) is 12.1 Å². The fourth-order valence-corrected chi connectivity index (χ4v) is 3.06. The van der Waals surface area contributed by atoms with Crippen LogP contribution in [-0.4, -0.2) is 29.2 Å². The van der Waals surface area contributed by atoms with Crippen LogP contribution in [0.2, 0.25) is 0 Å². The lowest BCUT2D eigenvalue weighted by Crippen LogP contribution is -2.37. The molecule has 1 aromatic heterocycles. The number of anilines is 2. The molecular formula is C17H18F2N4O2. The van der Waals surface area contributed by atoms with Gasteiger partial charge in [0.15, 0.2) is 0 Å². The van der Waals surface area contributed by atoms with Gasteiger partial charge in [0.2, 0.25) is 5.91 Å². The molecule has 1 aromatic carbocycles. The minimum Gasteiger partial charge on any atom is -0.370 e. The molecule has 1 atom stereocenters. The quantitative estimate of drug-likeness (QED) is 0.889. The Hall–Kier alpha value is -2.77. The van der Waals surface area contributed by atoms with Crippen molar-refractivity contribution in [1.82, 2.24) is 10.2 Å². The number of nitrogens with zero attached hydrogens (tertiary/aromatic N) is 2. The van der Waals surface area contributed by atoms with Gasteiger partial charge < -0.3 is 10.2 Å². The van der Waals surface area contributed by atoms with Crippen LogP contribution in [-0.2, 0) is 4.79 Å². The van der Waals surface area contributed by atoms with Gasteiger partial charge in [0.05, 0.1) is 17.6 Å². The first-order chi connectivity index (χ1) is 12.0. The van der Waals surface area contributed by atoms with Gasteiger partial charge in [-0.1, -0.05) is 0 Å². The molecule has 0 radical (unpaired) electrons. The first-order valence-electron chi connectivity index (χ1n) is 8.06. The molecule has 3 rings (SSSR count). The van der Waals surface area contributed by atoms with E-state index in [2.05, 4.69) is 15.5 Å². The maximum atomic E-state index is 13.6. The van der Waals surface area contributed by atoms with Crippen LogP contribution in [0.1, 0.15) is 19.3 Å². The fraction of sp³-hybridized carbons (Fsp3) is 0.353. The van der Waals surface area contributed by atoms with E-state index in [1.807, 2.05) is 4.90 Å². The lowest BCUT2D eigenvalue weighted by atomic mass is 9.94. The number of nitrogens with one attached hydrogen (secondary N) is 2. The van der Waals surface area contributed by atoms with Crippen molar-refractivity contribution in [2.45, 2.75) is 19.3 Å². The van der Waals surface area contributed by atoms with Gasteiger partial charge in [-0.15, -0.1) is 0 Å². The second kappa shape index (κ2) is 7.42. The first-order valence-corrected chi connectivity index (χ1v) is 8.06. The van der Waals surface area contributed by atoms with Gasteiger partial charge >= 0.3 is 0 Å². The molecular weight excluding hydrogens is 330 g/mol. The second-order valence-corrected chi connectivity index (χ2v) is 6.13. The molecule has 1 aliphatic rings. The molecule has 8 heteroatoms. The van der Waals surface area contributed by atoms with Gasteiger partial charge in [0, 0.05) is 31.6 Å². The topological polar surface area (TPSA) is 78.1 Å². The highest BCUT2D eigenvalue weighted by Gasteiger charge is 2.23. The molecule has 25 heavy (non-hydrogen) atoms. The summed E-state index contributed by atoms with van der Waals surface area (Å²) in [5.74, 6) is -1.73. The Morgan fingerprint density at radius 3 is 2.96 bits per heavy atom. The van der Waals surface area contributed by atoms with Crippen LogP contribution in [0.25, 0.3) is 0 Å². The van der Waals surface area contributed by atoms with E-state index in [0.717, 1.165) is 37.2 Å². The van der Waals surface area contributed by atoms with Gasteiger partial charge in [0.25, 0.3) is 5.56 Å². The number of amides is 1. The van der Waals surface area contributed by atoms with Crippen LogP contribution in [0.4, 0.5) is 20.2 Å². The first kappa shape index (κ1) is 17.1. The van der Waals surface area contributed by atoms with Crippen molar-refractivity contribution in [1.29, 1.82) is 0 Å². The van der Waals surface area contributed by atoms with Crippen LogP contribution < -0.4 is 15.8 Å². The molecule has 132 valence electrons. The van der Waals surface area contributed by atoms with Crippen LogP contribution in [0.5, 0.6) is 0 Å². The zero-order valence-corrected chi connectivity index (χ0v) is 13.5. The summed E-state index contributed by atoms with van der Waals surface area (Å²) in [7, 11) is 0. The predicted octanol–water partition coefficient (Wildman–Crippen LogP) is 2.29. The Kier molecular flexibility index (Phi) is 5.06. The van der Waals surface area contributed by atoms with Crippen LogP contribution >= 0.6 is 0 Å². The van der Waals surface area contributed by atoms with Gasteiger partial charge in [-0.25, -0.2) is 13.9 Å². The summed E-state index contributed by atoms with van der Waals surface area (Å²) in [4.78, 5) is 25.6. The third-order valence-corrected chi connectivity index (χ3v) is 4.21. The lowest BCUT2D eigenvalue weighted by molar-refractivity contribution is -0.117. The van der Waals surface area contributed by atoms with E-state index in [4.69, 9.17) is 0 Å². The lowest BCUT2D eigenvalue weighted by Gasteiger charge is -2.33. The van der Waals surface area contributed by atoms with Gasteiger partial charge in [-0.2, -0.15) is 5.10 Å². The van der Waals surface area contributed by atoms with E-state index in [-0.39, 0.29) is 29.5 Å². The third kappa shape index (κ3) is 4.40. The van der Waals surface area contributed by atoms with E-state index >= 15 is 0 Å². The molecule has 0 bridgehead atoms. The maximum Gasteiger partial charge on any atom is 0.266 e. The van der Waals surface area contributed by atoms with Gasteiger partial charge in [-0.05, 0) is 30.9 Å². The highest BCUT2D eigenvalue weighted by Crippen LogP contribution is 2.24. The molecule has 1 amide bonds. The number of carbonyl (C=O) groups excluding carboxylic acids is 1. The van der Waals surface area contributed by atoms with Crippen LogP contribution in [0, 0.1) is 17.6 Å². The second-order valence-electron chi connectivity index (χ2n) is 6.13. The average molecular weight is 348 g/mol. The number of aromatic nitrogens is 2. The van der Waals surface area contributed by atoms with Crippen molar-refractivity contribution < 1.29 is 13.6 Å². The Balaban J connectivity index is 1.60. The van der Waals surface area contributed by atoms with Gasteiger partial charge in [0.1, 0.15) is 11.6 Å². The molecule has 1 fully saturated rings. The Bertz CT molecular complexity index is 824. The molecule has 0 saturated carbocycles. The highest BCUT2D eigenvalue weighted by molar-refractivity contribution is 5.91. The number of hydrogen-bond donors (Lipinski definition) is 2. The summed E-state index contributed by atoms with van der Waals surface area (Å²) in [6.45, 7) is 1.40. The summed E-state index contributed by atoms with van der Waals surface area (Å²) in [5, 5.41) is 8.60. The number of piperidine rings is 1. The van der Waals surface area contributed by atoms with Crippen molar-refractivity contribution in [2.75, 3.05) is 23.3 Å². The van der Waals surface area contributed by atoms with Crippen LogP contribution in [0.15, 0.2) is 35.3 Å². The maximum absolute atomic E-state index is 13.6. The summed E-state index contributed by atoms with van der Waals surface area (Å²) >= 11 is 0. The normalized spacial score (nSPS) is 17.4. The molecule has 2 aromatic rings. The minimum absolute atomic E-state index is 0.0298. The summed E-state index contributed by atoms with van der Waals surface area (Å²) < 4.78 is 26.5. The fourth-order valence-electron chi connectivity index (χ4n) is 3.06. The number of halogens is 2. The standard InChI is InChI=1S/C17H18F2N4O2/c18-12-3-4-15(14(19)7-12)21-16(24)6-11-2-1-5-23(10-11)13-8-17(25)22-20-9-13/h3-4,7-9,11H,1-2,5-6,10H2,(H,21,24)(H,22,25). The number of hydrogen-bond acceptors (Lipinski definition) is 4. The Morgan fingerprint density at radius 1 is 1.36 bits per heavy atom. The van der Waals surface area contributed by atoms with Crippen molar-refractivity contribution in [3.63, 3.8) is 0 Å². The predicted molar refractivity (Wildman–Crippen MR) is 89.4 cm³/mol. The smallest absolute Gasteiger partial charge is 0.266 e. The molecule has 0 spiro atoms. The van der Waals surface area contributed by atoms with Crippen molar-refractivity contribution in [3.8, 4) is 0 Å². The molecule has 1 unspecified atom stereocenters. The van der Waals surface area contributed by atoms with Gasteiger partial charge in [-0.3, -0.25) is 9.59 Å². The highest BCUT2D eigenvalue weighted by atomic mass is 19.1. The van der Waals surface area contributed by atoms with E-state index in [9.17, 15) is 18.4 Å². The molecule has 1 saturated heterocycles. The minimum atomic E-state index is -0.798. The largest absolute Gasteiger partial charge is 0.370 e. The summed E-state index contributed by atoms with van der Waals surface area (Å²) in [5.41, 5.74) is 0.417. The Labute approximate surface area is 142 Å². The van der Waals surface area contributed by atoms with Crippen LogP contribution in [0.3, 0.4) is 0 Å². The van der Waals surface area contributed by atoms with E-state index < -0.39 is 11.6 Å². The summed E-state index contributed by atoms with van der Waals surface area (Å²) in [6, 6.07) is 4.51. The molecule has 1 aliphatic heterocycles. The average Bonchev–Trinajstić information content (AvgIpc) is 2.58. The molecule has 2 N–H and O–H groups in total. The number of H-pyrrole nitrogens is 1. The number of rotatable bonds is 4. The van der Waals surface area contributed by atoms with Crippen molar-refractivity contribution in [2.24, 2.45) is 5.92 Å². The van der Waals surface area contributed by atoms with E-state index in [1.54, 1.807) is 6.20 Å². The zero-order valence-electron chi connectivity index (χ0n) is 13.5. The summed E-state index contributed by atoms with van der Waals surface area (Å²) in [6.07, 6.45) is 3.56. The number of aromatic amines is 1. The van der Waals surface area contributed by atoms with E-state index in [0.29, 0.717) is 6.54 Å². The van der Waals surface area contributed by atoms with Crippen molar-refractivity contribution >= 4 is 17.3 Å². The molecule has 6 nitrogen and oxygen atoms in total. The Morgan fingerprint density at radius 2 is 2.20 bits per heavy atom. The number of carbonyl (C=O) groups is 1. The molecule has 2 heterocycles. The SMILES string of the molecule is O=C(CC1CCCN(c2cn[nH]c(=O)c2)C1)Nc1ccc(F)cc1F. The molecule has 0 aliphatic carbocycles. The zero-order chi connectivity index (χ0) is 17.8. The van der Waals surface area contributed by atoms with Crippen molar-refractivity contribution in [3.05, 3.63) is 52.5 Å². The third-order valence-electron chi connectivity index (χ3n) is 4.21. The monoisotopic (exact) mass is 348 g/mol.